The lowest BCUT2D eigenvalue weighted by Crippen LogP contribution is -2.39. The summed E-state index contributed by atoms with van der Waals surface area (Å²) in [6.45, 7) is 2.42. The van der Waals surface area contributed by atoms with E-state index in [2.05, 4.69) is 9.97 Å². The predicted molar refractivity (Wildman–Crippen MR) is 114 cm³/mol. The zero-order valence-electron chi connectivity index (χ0n) is 16.0. The Hall–Kier alpha value is -2.45. The number of amides is 1. The fraction of sp³-hybridized carbons (Fsp3) is 0.381. The van der Waals surface area contributed by atoms with Gasteiger partial charge in [-0.05, 0) is 49.4 Å². The number of rotatable bonds is 7. The Morgan fingerprint density at radius 1 is 1.17 bits per heavy atom. The highest BCUT2D eigenvalue weighted by molar-refractivity contribution is 7.13. The minimum atomic E-state index is -0.243. The summed E-state index contributed by atoms with van der Waals surface area (Å²) in [5, 5.41) is 4.89. The third-order valence-electron chi connectivity index (χ3n) is 5.03. The molecule has 0 spiro atoms. The van der Waals surface area contributed by atoms with Gasteiger partial charge in [0.1, 0.15) is 17.4 Å². The smallest absolute Gasteiger partial charge is 0.410 e. The van der Waals surface area contributed by atoms with E-state index in [1.165, 1.54) is 11.3 Å². The van der Waals surface area contributed by atoms with Gasteiger partial charge in [-0.1, -0.05) is 0 Å². The van der Waals surface area contributed by atoms with Crippen LogP contribution in [0.15, 0.2) is 46.7 Å². The fourth-order valence-electron chi connectivity index (χ4n) is 3.34. The normalized spacial score (nSPS) is 14.7. The van der Waals surface area contributed by atoms with Crippen LogP contribution in [0.2, 0.25) is 0 Å². The van der Waals surface area contributed by atoms with Crippen molar-refractivity contribution in [3.05, 3.63) is 52.4 Å². The molecular formula is C21H23N3O3S2. The van der Waals surface area contributed by atoms with Gasteiger partial charge in [0.25, 0.3) is 0 Å². The Morgan fingerprint density at radius 3 is 2.69 bits per heavy atom. The summed E-state index contributed by atoms with van der Waals surface area (Å²) in [4.78, 5) is 22.4. The lowest BCUT2D eigenvalue weighted by molar-refractivity contribution is 0.0792. The molecule has 0 N–H and O–H groups in total. The van der Waals surface area contributed by atoms with E-state index in [1.54, 1.807) is 21.7 Å². The van der Waals surface area contributed by atoms with Crippen molar-refractivity contribution in [2.24, 2.45) is 5.92 Å². The SMILES string of the molecule is O=C(OCc1cscn1)N1CCC(CCOc2ccc(-c3nccs3)cc2)CC1. The van der Waals surface area contributed by atoms with E-state index in [-0.39, 0.29) is 12.7 Å². The highest BCUT2D eigenvalue weighted by Crippen LogP contribution is 2.25. The van der Waals surface area contributed by atoms with E-state index < -0.39 is 0 Å². The van der Waals surface area contributed by atoms with Gasteiger partial charge in [-0.3, -0.25) is 0 Å². The number of hydrogen-bond donors (Lipinski definition) is 0. The first-order chi connectivity index (χ1) is 14.3. The predicted octanol–water partition coefficient (Wildman–Crippen LogP) is 5.08. The maximum absolute atomic E-state index is 12.2. The Morgan fingerprint density at radius 2 is 2.00 bits per heavy atom. The first kappa shape index (κ1) is 19.8. The van der Waals surface area contributed by atoms with Gasteiger partial charge in [0.2, 0.25) is 0 Å². The minimum Gasteiger partial charge on any atom is -0.494 e. The molecule has 8 heteroatoms. The van der Waals surface area contributed by atoms with E-state index in [4.69, 9.17) is 9.47 Å². The number of hydrogen-bond acceptors (Lipinski definition) is 7. The summed E-state index contributed by atoms with van der Waals surface area (Å²) in [6.07, 6.45) is 4.54. The van der Waals surface area contributed by atoms with Crippen molar-refractivity contribution in [2.45, 2.75) is 25.9 Å². The van der Waals surface area contributed by atoms with Gasteiger partial charge in [0.05, 0.1) is 17.8 Å². The fourth-order valence-corrected chi connectivity index (χ4v) is 4.53. The Bertz CT molecular complexity index is 875. The highest BCUT2D eigenvalue weighted by atomic mass is 32.1. The maximum Gasteiger partial charge on any atom is 0.410 e. The molecule has 0 aliphatic carbocycles. The molecule has 1 aliphatic rings. The summed E-state index contributed by atoms with van der Waals surface area (Å²) in [5.74, 6) is 1.46. The molecule has 3 heterocycles. The summed E-state index contributed by atoms with van der Waals surface area (Å²) in [7, 11) is 0. The van der Waals surface area contributed by atoms with Crippen molar-refractivity contribution in [1.82, 2.24) is 14.9 Å². The molecule has 0 saturated carbocycles. The highest BCUT2D eigenvalue weighted by Gasteiger charge is 2.23. The molecule has 6 nitrogen and oxygen atoms in total. The largest absolute Gasteiger partial charge is 0.494 e. The van der Waals surface area contributed by atoms with Crippen molar-refractivity contribution < 1.29 is 14.3 Å². The summed E-state index contributed by atoms with van der Waals surface area (Å²) < 4.78 is 11.2. The number of aromatic nitrogens is 2. The molecule has 1 aromatic carbocycles. The molecule has 29 heavy (non-hydrogen) atoms. The molecule has 1 fully saturated rings. The van der Waals surface area contributed by atoms with Crippen molar-refractivity contribution in [3.8, 4) is 16.3 Å². The number of carbonyl (C=O) groups excluding carboxylic acids is 1. The second kappa shape index (κ2) is 9.84. The second-order valence-corrected chi connectivity index (χ2v) is 8.58. The summed E-state index contributed by atoms with van der Waals surface area (Å²) in [6, 6.07) is 8.09. The van der Waals surface area contributed by atoms with Crippen LogP contribution in [0.5, 0.6) is 5.75 Å². The molecular weight excluding hydrogens is 406 g/mol. The number of ether oxygens (including phenoxy) is 2. The minimum absolute atomic E-state index is 0.243. The molecule has 1 amide bonds. The molecule has 0 unspecified atom stereocenters. The van der Waals surface area contributed by atoms with Crippen molar-refractivity contribution in [2.75, 3.05) is 19.7 Å². The Kier molecular flexibility index (Phi) is 6.74. The van der Waals surface area contributed by atoms with Gasteiger partial charge >= 0.3 is 6.09 Å². The number of thiazole rings is 2. The molecule has 1 aliphatic heterocycles. The average molecular weight is 430 g/mol. The van der Waals surface area contributed by atoms with Gasteiger partial charge in [-0.25, -0.2) is 14.8 Å². The maximum atomic E-state index is 12.2. The second-order valence-electron chi connectivity index (χ2n) is 6.96. The van der Waals surface area contributed by atoms with E-state index >= 15 is 0 Å². The van der Waals surface area contributed by atoms with E-state index in [9.17, 15) is 4.79 Å². The van der Waals surface area contributed by atoms with Crippen LogP contribution in [-0.4, -0.2) is 40.7 Å². The van der Waals surface area contributed by atoms with E-state index in [0.717, 1.165) is 54.4 Å². The van der Waals surface area contributed by atoms with Crippen LogP contribution in [0.3, 0.4) is 0 Å². The zero-order valence-corrected chi connectivity index (χ0v) is 17.7. The van der Waals surface area contributed by atoms with Crippen molar-refractivity contribution >= 4 is 28.8 Å². The van der Waals surface area contributed by atoms with Crippen LogP contribution in [0.1, 0.15) is 25.0 Å². The molecule has 4 rings (SSSR count). The topological polar surface area (TPSA) is 64.5 Å². The van der Waals surface area contributed by atoms with Gasteiger partial charge in [0, 0.05) is 35.6 Å². The van der Waals surface area contributed by atoms with Crippen molar-refractivity contribution in [1.29, 1.82) is 0 Å². The van der Waals surface area contributed by atoms with Gasteiger partial charge in [-0.2, -0.15) is 0 Å². The van der Waals surface area contributed by atoms with Crippen LogP contribution in [0, 0.1) is 5.92 Å². The average Bonchev–Trinajstić information content (AvgIpc) is 3.47. The van der Waals surface area contributed by atoms with Crippen LogP contribution in [-0.2, 0) is 11.3 Å². The first-order valence-electron chi connectivity index (χ1n) is 9.69. The quantitative estimate of drug-likeness (QED) is 0.524. The van der Waals surface area contributed by atoms with E-state index in [0.29, 0.717) is 12.5 Å². The standard InChI is InChI=1S/C21H23N3O3S2/c25-21(27-13-18-14-28-15-23-18)24-9-5-16(6-10-24)7-11-26-19-3-1-17(2-4-19)20-22-8-12-29-20/h1-4,8,12,14-16H,5-7,9-11,13H2. The summed E-state index contributed by atoms with van der Waals surface area (Å²) in [5.41, 5.74) is 3.66. The molecule has 3 aromatic rings. The monoisotopic (exact) mass is 429 g/mol. The first-order valence-corrected chi connectivity index (χ1v) is 11.5. The number of carbonyl (C=O) groups is 1. The zero-order chi connectivity index (χ0) is 19.9. The molecule has 1 saturated heterocycles. The molecule has 0 bridgehead atoms. The van der Waals surface area contributed by atoms with E-state index in [1.807, 2.05) is 41.2 Å². The number of nitrogens with zero attached hydrogens (tertiary/aromatic N) is 3. The van der Waals surface area contributed by atoms with Gasteiger partial charge in [-0.15, -0.1) is 22.7 Å². The molecule has 0 atom stereocenters. The molecule has 152 valence electrons. The Balaban J connectivity index is 1.14. The van der Waals surface area contributed by atoms with Crippen LogP contribution < -0.4 is 4.74 Å². The number of likely N-dealkylation sites (tertiary alicyclic amines) is 1. The number of benzene rings is 1. The van der Waals surface area contributed by atoms with Gasteiger partial charge < -0.3 is 14.4 Å². The lowest BCUT2D eigenvalue weighted by atomic mass is 9.94. The van der Waals surface area contributed by atoms with Crippen molar-refractivity contribution in [3.63, 3.8) is 0 Å². The number of piperidine rings is 1. The molecule has 0 radical (unpaired) electrons. The third kappa shape index (κ3) is 5.55. The van der Waals surface area contributed by atoms with Crippen LogP contribution in [0.4, 0.5) is 4.79 Å². The Labute approximate surface area is 178 Å². The van der Waals surface area contributed by atoms with Crippen LogP contribution in [0.25, 0.3) is 10.6 Å². The lowest BCUT2D eigenvalue weighted by Gasteiger charge is -2.31. The molecule has 2 aromatic heterocycles. The summed E-state index contributed by atoms with van der Waals surface area (Å²) >= 11 is 3.13. The van der Waals surface area contributed by atoms with Crippen LogP contribution >= 0.6 is 22.7 Å². The van der Waals surface area contributed by atoms with Gasteiger partial charge in [0.15, 0.2) is 0 Å². The third-order valence-corrected chi connectivity index (χ3v) is 6.49.